The summed E-state index contributed by atoms with van der Waals surface area (Å²) in [6, 6.07) is 15.7. The lowest BCUT2D eigenvalue weighted by Crippen LogP contribution is -2.27. The summed E-state index contributed by atoms with van der Waals surface area (Å²) in [6.45, 7) is 7.23. The Kier molecular flexibility index (Phi) is 7.43. The average molecular weight is 352 g/mol. The van der Waals surface area contributed by atoms with Gasteiger partial charge in [-0.25, -0.2) is 4.79 Å². The zero-order valence-corrected chi connectivity index (χ0v) is 15.2. The number of carbonyl (C=O) groups excluding carboxylic acids is 1. The Hall–Kier alpha value is -3.08. The van der Waals surface area contributed by atoms with Crippen LogP contribution in [0.15, 0.2) is 66.2 Å². The number of ether oxygens (including phenoxy) is 2. The fraction of sp³-hybridized carbons (Fsp3) is 0.238. The molecule has 0 aliphatic carbocycles. The van der Waals surface area contributed by atoms with Crippen molar-refractivity contribution < 1.29 is 14.3 Å². The van der Waals surface area contributed by atoms with Crippen molar-refractivity contribution in [2.45, 2.75) is 6.92 Å². The van der Waals surface area contributed by atoms with E-state index >= 15 is 0 Å². The zero-order valence-electron chi connectivity index (χ0n) is 15.2. The lowest BCUT2D eigenvalue weighted by Gasteiger charge is -2.22. The maximum atomic E-state index is 11.1. The zero-order chi connectivity index (χ0) is 18.8. The standard InChI is InChI=1S/C21H24N2O3/c1-4-21(24)26-15-14-23(5-2)19-10-8-18(9-11-19)22-16-17-6-12-20(25-3)13-7-17/h4,6-13,16H,1,5,14-15H2,2-3H3. The van der Waals surface area contributed by atoms with Gasteiger partial charge in [-0.3, -0.25) is 4.99 Å². The molecule has 0 saturated heterocycles. The van der Waals surface area contributed by atoms with E-state index in [0.717, 1.165) is 29.2 Å². The summed E-state index contributed by atoms with van der Waals surface area (Å²) < 4.78 is 10.2. The molecule has 2 rings (SSSR count). The highest BCUT2D eigenvalue weighted by atomic mass is 16.5. The molecule has 0 atom stereocenters. The Labute approximate surface area is 154 Å². The predicted molar refractivity (Wildman–Crippen MR) is 106 cm³/mol. The SMILES string of the molecule is C=CC(=O)OCCN(CC)c1ccc(N=Cc2ccc(OC)cc2)cc1. The summed E-state index contributed by atoms with van der Waals surface area (Å²) in [7, 11) is 1.65. The molecule has 0 bridgehead atoms. The van der Waals surface area contributed by atoms with Crippen molar-refractivity contribution in [1.82, 2.24) is 0 Å². The van der Waals surface area contributed by atoms with Gasteiger partial charge in [0, 0.05) is 24.5 Å². The number of nitrogens with zero attached hydrogens (tertiary/aromatic N) is 2. The molecule has 2 aromatic carbocycles. The van der Waals surface area contributed by atoms with Crippen LogP contribution in [0, 0.1) is 0 Å². The van der Waals surface area contributed by atoms with E-state index in [2.05, 4.69) is 23.4 Å². The lowest BCUT2D eigenvalue weighted by molar-refractivity contribution is -0.137. The van der Waals surface area contributed by atoms with Crippen LogP contribution in [0.3, 0.4) is 0 Å². The predicted octanol–water partition coefficient (Wildman–Crippen LogP) is 4.00. The van der Waals surface area contributed by atoms with Crippen LogP contribution >= 0.6 is 0 Å². The van der Waals surface area contributed by atoms with E-state index < -0.39 is 5.97 Å². The Morgan fingerprint density at radius 3 is 2.42 bits per heavy atom. The topological polar surface area (TPSA) is 51.1 Å². The van der Waals surface area contributed by atoms with Crippen LogP contribution in [0.1, 0.15) is 12.5 Å². The largest absolute Gasteiger partial charge is 0.497 e. The molecule has 26 heavy (non-hydrogen) atoms. The van der Waals surface area contributed by atoms with Crippen LogP contribution in [0.25, 0.3) is 0 Å². The first kappa shape index (κ1) is 19.2. The number of benzene rings is 2. The molecule has 5 heteroatoms. The number of likely N-dealkylation sites (N-methyl/N-ethyl adjacent to an activating group) is 1. The number of carbonyl (C=O) groups is 1. The molecule has 5 nitrogen and oxygen atoms in total. The van der Waals surface area contributed by atoms with Gasteiger partial charge in [-0.1, -0.05) is 6.58 Å². The minimum atomic E-state index is -0.399. The van der Waals surface area contributed by atoms with Gasteiger partial charge in [0.1, 0.15) is 12.4 Å². The lowest BCUT2D eigenvalue weighted by atomic mass is 10.2. The number of hydrogen-bond acceptors (Lipinski definition) is 5. The molecule has 0 aliphatic rings. The van der Waals surface area contributed by atoms with Crippen molar-refractivity contribution in [3.8, 4) is 5.75 Å². The van der Waals surface area contributed by atoms with Crippen molar-refractivity contribution >= 4 is 23.6 Å². The summed E-state index contributed by atoms with van der Waals surface area (Å²) in [5, 5.41) is 0. The summed E-state index contributed by atoms with van der Waals surface area (Å²) >= 11 is 0. The van der Waals surface area contributed by atoms with E-state index in [1.165, 1.54) is 6.08 Å². The van der Waals surface area contributed by atoms with Crippen molar-refractivity contribution in [3.63, 3.8) is 0 Å². The van der Waals surface area contributed by atoms with E-state index in [1.54, 1.807) is 7.11 Å². The van der Waals surface area contributed by atoms with E-state index in [-0.39, 0.29) is 0 Å². The van der Waals surface area contributed by atoms with E-state index in [0.29, 0.717) is 13.2 Å². The van der Waals surface area contributed by atoms with Gasteiger partial charge in [-0.05, 0) is 61.0 Å². The number of aliphatic imine (C=N–C) groups is 1. The van der Waals surface area contributed by atoms with Crippen molar-refractivity contribution in [2.24, 2.45) is 4.99 Å². The van der Waals surface area contributed by atoms with E-state index in [9.17, 15) is 4.79 Å². The summed E-state index contributed by atoms with van der Waals surface area (Å²) in [5.74, 6) is 0.425. The highest BCUT2D eigenvalue weighted by molar-refractivity contribution is 5.82. The molecule has 2 aromatic rings. The Morgan fingerprint density at radius 2 is 1.85 bits per heavy atom. The molecule has 0 radical (unpaired) electrons. The van der Waals surface area contributed by atoms with Crippen molar-refractivity contribution in [2.75, 3.05) is 31.7 Å². The summed E-state index contributed by atoms with van der Waals surface area (Å²) in [4.78, 5) is 17.7. The number of esters is 1. The fourth-order valence-electron chi connectivity index (χ4n) is 2.37. The van der Waals surface area contributed by atoms with Crippen molar-refractivity contribution in [1.29, 1.82) is 0 Å². The number of anilines is 1. The third kappa shape index (κ3) is 5.77. The Bertz CT molecular complexity index is 737. The minimum absolute atomic E-state index is 0.329. The van der Waals surface area contributed by atoms with Crippen LogP contribution in [0.4, 0.5) is 11.4 Å². The first-order valence-corrected chi connectivity index (χ1v) is 8.48. The van der Waals surface area contributed by atoms with Crippen LogP contribution in [-0.4, -0.2) is 39.0 Å². The van der Waals surface area contributed by atoms with Gasteiger partial charge < -0.3 is 14.4 Å². The molecule has 0 aliphatic heterocycles. The maximum Gasteiger partial charge on any atom is 0.330 e. The first-order valence-electron chi connectivity index (χ1n) is 8.48. The molecular weight excluding hydrogens is 328 g/mol. The molecule has 0 fully saturated rings. The molecule has 0 heterocycles. The highest BCUT2D eigenvalue weighted by Gasteiger charge is 2.05. The quantitative estimate of drug-likeness (QED) is 0.389. The molecule has 136 valence electrons. The molecule has 0 spiro atoms. The number of rotatable bonds is 9. The first-order chi connectivity index (χ1) is 12.7. The second-order valence-corrected chi connectivity index (χ2v) is 5.50. The van der Waals surface area contributed by atoms with Crippen molar-refractivity contribution in [3.05, 3.63) is 66.7 Å². The van der Waals surface area contributed by atoms with Gasteiger partial charge in [-0.2, -0.15) is 0 Å². The second-order valence-electron chi connectivity index (χ2n) is 5.50. The fourth-order valence-corrected chi connectivity index (χ4v) is 2.37. The van der Waals surface area contributed by atoms with Crippen LogP contribution in [-0.2, 0) is 9.53 Å². The highest BCUT2D eigenvalue weighted by Crippen LogP contribution is 2.20. The maximum absolute atomic E-state index is 11.1. The van der Waals surface area contributed by atoms with E-state index in [1.807, 2.05) is 54.7 Å². The minimum Gasteiger partial charge on any atom is -0.497 e. The molecule has 0 aromatic heterocycles. The second kappa shape index (κ2) is 10.0. The smallest absolute Gasteiger partial charge is 0.330 e. The van der Waals surface area contributed by atoms with Crippen LogP contribution in [0.2, 0.25) is 0 Å². The third-order valence-corrected chi connectivity index (χ3v) is 3.85. The van der Waals surface area contributed by atoms with Gasteiger partial charge in [0.2, 0.25) is 0 Å². The van der Waals surface area contributed by atoms with Gasteiger partial charge in [0.05, 0.1) is 19.3 Å². The van der Waals surface area contributed by atoms with Gasteiger partial charge in [-0.15, -0.1) is 0 Å². The molecule has 0 amide bonds. The van der Waals surface area contributed by atoms with Gasteiger partial charge >= 0.3 is 5.97 Å². The van der Waals surface area contributed by atoms with Gasteiger partial charge in [0.25, 0.3) is 0 Å². The molecule has 0 unspecified atom stereocenters. The Balaban J connectivity index is 1.95. The van der Waals surface area contributed by atoms with Gasteiger partial charge in [0.15, 0.2) is 0 Å². The molecular formula is C21H24N2O3. The van der Waals surface area contributed by atoms with Crippen LogP contribution < -0.4 is 9.64 Å². The number of hydrogen-bond donors (Lipinski definition) is 0. The summed E-state index contributed by atoms with van der Waals surface area (Å²) in [5.41, 5.74) is 2.94. The Morgan fingerprint density at radius 1 is 1.15 bits per heavy atom. The van der Waals surface area contributed by atoms with E-state index in [4.69, 9.17) is 9.47 Å². The third-order valence-electron chi connectivity index (χ3n) is 3.85. The molecule has 0 saturated carbocycles. The normalized spacial score (nSPS) is 10.5. The number of methoxy groups -OCH3 is 1. The summed E-state index contributed by atoms with van der Waals surface area (Å²) in [6.07, 6.45) is 2.99. The van der Waals surface area contributed by atoms with Crippen LogP contribution in [0.5, 0.6) is 5.75 Å². The monoisotopic (exact) mass is 352 g/mol. The average Bonchev–Trinajstić information content (AvgIpc) is 2.70. The molecule has 0 N–H and O–H groups in total.